The number of carbonyl (C=O) groups excluding carboxylic acids is 3. The summed E-state index contributed by atoms with van der Waals surface area (Å²) in [5.74, 6) is -1.27. The normalized spacial score (nSPS) is 12.2. The first-order valence-electron chi connectivity index (χ1n) is 11.5. The Morgan fingerprint density at radius 1 is 1.06 bits per heavy atom. The van der Waals surface area contributed by atoms with Crippen LogP contribution in [0.5, 0.6) is 0 Å². The van der Waals surface area contributed by atoms with Crippen molar-refractivity contribution in [3.8, 4) is 0 Å². The minimum atomic E-state index is -0.973. The fraction of sp³-hybridized carbons (Fsp3) is 0.320. The Bertz CT molecular complexity index is 1280. The van der Waals surface area contributed by atoms with Crippen molar-refractivity contribution >= 4 is 52.4 Å². The van der Waals surface area contributed by atoms with Crippen molar-refractivity contribution in [2.45, 2.75) is 39.7 Å². The van der Waals surface area contributed by atoms with Crippen LogP contribution in [0, 0.1) is 0 Å². The second kappa shape index (κ2) is 11.8. The Labute approximate surface area is 207 Å². The van der Waals surface area contributed by atoms with Gasteiger partial charge < -0.3 is 30.7 Å². The quantitative estimate of drug-likeness (QED) is 0.355. The number of allylic oxidation sites excluding steroid dienone is 1. The van der Waals surface area contributed by atoms with E-state index in [9.17, 15) is 14.4 Å². The lowest BCUT2D eigenvalue weighted by molar-refractivity contribution is -0.146. The number of carbonyl (C=O) groups is 3. The average Bonchev–Trinajstić information content (AvgIpc) is 3.24. The molecule has 0 aliphatic heterocycles. The third-order valence-corrected chi connectivity index (χ3v) is 5.30. The molecule has 0 bridgehead atoms. The van der Waals surface area contributed by atoms with E-state index in [0.29, 0.717) is 22.2 Å². The zero-order valence-corrected chi connectivity index (χ0v) is 20.4. The van der Waals surface area contributed by atoms with Crippen LogP contribution in [0.2, 0.25) is 0 Å². The molecule has 5 N–H and O–H groups in total. The summed E-state index contributed by atoms with van der Waals surface area (Å²) >= 11 is 0. The van der Waals surface area contributed by atoms with Crippen LogP contribution in [0.3, 0.4) is 0 Å². The average molecular weight is 496 g/mol. The van der Waals surface area contributed by atoms with Gasteiger partial charge in [0, 0.05) is 17.5 Å². The molecule has 0 spiro atoms. The molecule has 0 saturated heterocycles. The fourth-order valence-corrected chi connectivity index (χ4v) is 3.54. The molecule has 0 radical (unpaired) electrons. The minimum absolute atomic E-state index is 0.0225. The number of esters is 2. The van der Waals surface area contributed by atoms with Crippen molar-refractivity contribution in [1.82, 2.24) is 15.3 Å². The zero-order chi connectivity index (χ0) is 26.2. The van der Waals surface area contributed by atoms with Crippen molar-refractivity contribution in [3.05, 3.63) is 47.2 Å². The summed E-state index contributed by atoms with van der Waals surface area (Å²) in [6, 6.07) is 5.86. The van der Waals surface area contributed by atoms with Crippen LogP contribution in [0.1, 0.15) is 55.1 Å². The lowest BCUT2D eigenvalue weighted by Crippen LogP contribution is -2.42. The summed E-state index contributed by atoms with van der Waals surface area (Å²) in [6.07, 6.45) is 3.43. The van der Waals surface area contributed by atoms with E-state index >= 15 is 0 Å². The largest absolute Gasteiger partial charge is 0.466 e. The van der Waals surface area contributed by atoms with Crippen molar-refractivity contribution in [1.29, 1.82) is 0 Å². The molecular weight excluding hydrogens is 466 g/mol. The molecule has 2 aromatic heterocycles. The van der Waals surface area contributed by atoms with Gasteiger partial charge in [-0.05, 0) is 56.5 Å². The molecule has 1 atom stereocenters. The van der Waals surface area contributed by atoms with Crippen molar-refractivity contribution < 1.29 is 28.3 Å². The Balaban J connectivity index is 1.73. The van der Waals surface area contributed by atoms with E-state index in [2.05, 4.69) is 15.3 Å². The van der Waals surface area contributed by atoms with Crippen LogP contribution in [-0.2, 0) is 19.1 Å². The number of benzene rings is 1. The number of nitrogens with zero attached hydrogens (tertiary/aromatic N) is 2. The number of ether oxygens (including phenoxy) is 2. The van der Waals surface area contributed by atoms with Crippen LogP contribution < -0.4 is 16.8 Å². The number of aromatic nitrogens is 2. The number of fused-ring (bicyclic) bond motifs is 1. The second-order valence-corrected chi connectivity index (χ2v) is 7.86. The maximum Gasteiger partial charge on any atom is 0.328 e. The van der Waals surface area contributed by atoms with Gasteiger partial charge in [0.25, 0.3) is 5.91 Å². The highest BCUT2D eigenvalue weighted by Gasteiger charge is 2.24. The lowest BCUT2D eigenvalue weighted by atomic mass is 10.0. The topological polar surface area (TPSA) is 173 Å². The van der Waals surface area contributed by atoms with Gasteiger partial charge >= 0.3 is 11.9 Å². The molecule has 190 valence electrons. The van der Waals surface area contributed by atoms with Gasteiger partial charge in [-0.2, -0.15) is 9.97 Å². The summed E-state index contributed by atoms with van der Waals surface area (Å²) in [5.41, 5.74) is 14.7. The van der Waals surface area contributed by atoms with E-state index < -0.39 is 23.9 Å². The van der Waals surface area contributed by atoms with Gasteiger partial charge in [-0.25, -0.2) is 4.79 Å². The monoisotopic (exact) mass is 495 g/mol. The summed E-state index contributed by atoms with van der Waals surface area (Å²) in [7, 11) is 0. The first-order valence-corrected chi connectivity index (χ1v) is 11.5. The van der Waals surface area contributed by atoms with Crippen LogP contribution in [-0.4, -0.2) is 47.1 Å². The lowest BCUT2D eigenvalue weighted by Gasteiger charge is -2.17. The van der Waals surface area contributed by atoms with Crippen LogP contribution in [0.25, 0.3) is 22.7 Å². The molecule has 2 heterocycles. The molecular formula is C25H29N5O6. The van der Waals surface area contributed by atoms with Crippen molar-refractivity contribution in [2.75, 3.05) is 24.7 Å². The van der Waals surface area contributed by atoms with E-state index in [1.165, 1.54) is 6.26 Å². The summed E-state index contributed by atoms with van der Waals surface area (Å²) in [6.45, 7) is 5.65. The predicted octanol–water partition coefficient (Wildman–Crippen LogP) is 2.95. The molecule has 0 fully saturated rings. The number of rotatable bonds is 10. The molecule has 11 nitrogen and oxygen atoms in total. The van der Waals surface area contributed by atoms with Crippen LogP contribution >= 0.6 is 0 Å². The Hall–Kier alpha value is -4.41. The highest BCUT2D eigenvalue weighted by Crippen LogP contribution is 2.28. The SMILES string of the molecule is CCOC(=O)CC[C@H](NC(=O)c1ccc(/C(C)=C\c2coc3nc(N)nc(N)c23)cc1)C(=O)OCC. The number of nitrogens with two attached hydrogens (primary N) is 2. The van der Waals surface area contributed by atoms with E-state index in [1.54, 1.807) is 38.1 Å². The predicted molar refractivity (Wildman–Crippen MR) is 134 cm³/mol. The number of hydrogen-bond donors (Lipinski definition) is 3. The second-order valence-electron chi connectivity index (χ2n) is 7.86. The third kappa shape index (κ3) is 6.38. The van der Waals surface area contributed by atoms with Crippen LogP contribution in [0.4, 0.5) is 11.8 Å². The smallest absolute Gasteiger partial charge is 0.328 e. The fourth-order valence-electron chi connectivity index (χ4n) is 3.54. The first kappa shape index (κ1) is 26.2. The number of hydrogen-bond acceptors (Lipinski definition) is 10. The third-order valence-electron chi connectivity index (χ3n) is 5.30. The molecule has 0 aliphatic rings. The van der Waals surface area contributed by atoms with E-state index in [1.807, 2.05) is 13.0 Å². The molecule has 3 aromatic rings. The van der Waals surface area contributed by atoms with Crippen LogP contribution in [0.15, 0.2) is 34.9 Å². The van der Waals surface area contributed by atoms with Gasteiger partial charge in [0.05, 0.1) is 18.6 Å². The molecule has 36 heavy (non-hydrogen) atoms. The van der Waals surface area contributed by atoms with Gasteiger partial charge in [-0.1, -0.05) is 12.1 Å². The molecule has 3 rings (SSSR count). The molecule has 0 saturated carbocycles. The van der Waals surface area contributed by atoms with Gasteiger partial charge in [0.1, 0.15) is 18.1 Å². The molecule has 1 amide bonds. The maximum absolute atomic E-state index is 12.8. The Morgan fingerprint density at radius 2 is 1.72 bits per heavy atom. The highest BCUT2D eigenvalue weighted by molar-refractivity contribution is 5.99. The zero-order valence-electron chi connectivity index (χ0n) is 20.4. The van der Waals surface area contributed by atoms with Gasteiger partial charge in [0.2, 0.25) is 11.7 Å². The highest BCUT2D eigenvalue weighted by atomic mass is 16.5. The minimum Gasteiger partial charge on any atom is -0.466 e. The molecule has 0 unspecified atom stereocenters. The number of amides is 1. The number of nitrogens with one attached hydrogen (secondary N) is 1. The number of anilines is 2. The van der Waals surface area contributed by atoms with Gasteiger partial charge in [-0.3, -0.25) is 9.59 Å². The van der Waals surface area contributed by atoms with E-state index in [4.69, 9.17) is 25.4 Å². The summed E-state index contributed by atoms with van der Waals surface area (Å²) < 4.78 is 15.4. The van der Waals surface area contributed by atoms with Crippen molar-refractivity contribution in [2.24, 2.45) is 0 Å². The number of nitrogen functional groups attached to an aromatic ring is 2. The first-order chi connectivity index (χ1) is 17.2. The van der Waals surface area contributed by atoms with E-state index in [-0.39, 0.29) is 37.8 Å². The van der Waals surface area contributed by atoms with E-state index in [0.717, 1.165) is 11.1 Å². The van der Waals surface area contributed by atoms with Gasteiger partial charge in [0.15, 0.2) is 0 Å². The molecule has 1 aromatic carbocycles. The standard InChI is InChI=1S/C25H29N5O6/c1-4-34-19(31)11-10-18(24(33)35-5-2)28-22(32)16-8-6-15(7-9-16)14(3)12-17-13-36-23-20(17)21(26)29-25(27)30-23/h6-9,12-13,18H,4-5,10-11H2,1-3H3,(H,28,32)(H4,26,27,29,30)/b14-12-/t18-/m0/s1. The van der Waals surface area contributed by atoms with Crippen molar-refractivity contribution in [3.63, 3.8) is 0 Å². The number of furan rings is 1. The maximum atomic E-state index is 12.8. The summed E-state index contributed by atoms with van der Waals surface area (Å²) in [5, 5.41) is 3.21. The Morgan fingerprint density at radius 3 is 2.39 bits per heavy atom. The van der Waals surface area contributed by atoms with Gasteiger partial charge in [-0.15, -0.1) is 0 Å². The molecule has 11 heteroatoms. The molecule has 0 aliphatic carbocycles. The summed E-state index contributed by atoms with van der Waals surface area (Å²) in [4.78, 5) is 44.8. The Kier molecular flexibility index (Phi) is 8.61.